The van der Waals surface area contributed by atoms with Gasteiger partial charge in [0.15, 0.2) is 0 Å². The molecule has 0 spiro atoms. The molecule has 35 heavy (non-hydrogen) atoms. The van der Waals surface area contributed by atoms with Crippen LogP contribution in [0, 0.1) is 5.41 Å². The van der Waals surface area contributed by atoms with Crippen LogP contribution in [0.25, 0.3) is 0 Å². The molecule has 1 N–H and O–H groups in total. The van der Waals surface area contributed by atoms with Crippen LogP contribution in [-0.4, -0.2) is 60.0 Å². The Bertz CT molecular complexity index is 1140. The van der Waals surface area contributed by atoms with Crippen LogP contribution < -0.4 is 9.47 Å². The van der Waals surface area contributed by atoms with Gasteiger partial charge in [-0.15, -0.1) is 0 Å². The topological polar surface area (TPSA) is 78.2 Å². The summed E-state index contributed by atoms with van der Waals surface area (Å²) in [5.41, 5.74) is 2.99. The number of likely N-dealkylation sites (tertiary alicyclic amines) is 1. The first-order valence-corrected chi connectivity index (χ1v) is 11.9. The molecule has 2 aliphatic rings. The Balaban J connectivity index is 1.58. The van der Waals surface area contributed by atoms with Crippen molar-refractivity contribution >= 4 is 17.8 Å². The van der Waals surface area contributed by atoms with E-state index in [1.165, 1.54) is 12.3 Å². The van der Waals surface area contributed by atoms with Crippen molar-refractivity contribution in [2.75, 3.05) is 20.2 Å². The fraction of sp³-hybridized carbons (Fsp3) is 0.321. The SMILES string of the molecule is C=CC(=O)N1CCC[C@@H](N2N=C(c3ccc(Oc4cccc(OC)c4)cc3)/C(=C/C)C2CC=N)C1. The van der Waals surface area contributed by atoms with Crippen molar-refractivity contribution in [1.82, 2.24) is 9.91 Å². The van der Waals surface area contributed by atoms with E-state index in [4.69, 9.17) is 20.0 Å². The van der Waals surface area contributed by atoms with Crippen molar-refractivity contribution < 1.29 is 14.3 Å². The summed E-state index contributed by atoms with van der Waals surface area (Å²) in [7, 11) is 1.63. The van der Waals surface area contributed by atoms with E-state index in [9.17, 15) is 4.79 Å². The summed E-state index contributed by atoms with van der Waals surface area (Å²) in [6.45, 7) is 7.00. The normalized spacial score (nSPS) is 21.0. The molecule has 0 bridgehead atoms. The molecule has 182 valence electrons. The van der Waals surface area contributed by atoms with Gasteiger partial charge in [0.2, 0.25) is 5.91 Å². The largest absolute Gasteiger partial charge is 0.497 e. The second-order valence-electron chi connectivity index (χ2n) is 8.62. The number of methoxy groups -OCH3 is 1. The van der Waals surface area contributed by atoms with E-state index in [1.807, 2.05) is 60.4 Å². The van der Waals surface area contributed by atoms with Crippen LogP contribution in [0.5, 0.6) is 17.2 Å². The molecule has 4 rings (SSSR count). The van der Waals surface area contributed by atoms with Gasteiger partial charge < -0.3 is 19.8 Å². The van der Waals surface area contributed by atoms with Crippen molar-refractivity contribution in [3.8, 4) is 17.2 Å². The van der Waals surface area contributed by atoms with Gasteiger partial charge in [-0.3, -0.25) is 9.80 Å². The van der Waals surface area contributed by atoms with Crippen molar-refractivity contribution in [3.05, 3.63) is 78.4 Å². The van der Waals surface area contributed by atoms with Gasteiger partial charge in [0.25, 0.3) is 0 Å². The predicted molar refractivity (Wildman–Crippen MR) is 139 cm³/mol. The third-order valence-corrected chi connectivity index (χ3v) is 6.48. The van der Waals surface area contributed by atoms with Gasteiger partial charge >= 0.3 is 0 Å². The van der Waals surface area contributed by atoms with Gasteiger partial charge in [-0.25, -0.2) is 0 Å². The summed E-state index contributed by atoms with van der Waals surface area (Å²) in [6, 6.07) is 15.5. The highest BCUT2D eigenvalue weighted by molar-refractivity contribution is 6.14. The summed E-state index contributed by atoms with van der Waals surface area (Å²) in [6.07, 6.45) is 7.35. The first-order chi connectivity index (χ1) is 17.1. The molecule has 2 aliphatic heterocycles. The van der Waals surface area contributed by atoms with Gasteiger partial charge in [0, 0.05) is 36.7 Å². The number of piperidine rings is 1. The van der Waals surface area contributed by atoms with Crippen LogP contribution in [-0.2, 0) is 4.79 Å². The summed E-state index contributed by atoms with van der Waals surface area (Å²) in [5, 5.41) is 14.9. The molecule has 7 nitrogen and oxygen atoms in total. The van der Waals surface area contributed by atoms with Crippen LogP contribution in [0.2, 0.25) is 0 Å². The van der Waals surface area contributed by atoms with E-state index in [0.717, 1.165) is 47.7 Å². The van der Waals surface area contributed by atoms with Crippen molar-refractivity contribution in [3.63, 3.8) is 0 Å². The van der Waals surface area contributed by atoms with E-state index in [-0.39, 0.29) is 18.0 Å². The number of hydrogen-bond donors (Lipinski definition) is 1. The van der Waals surface area contributed by atoms with E-state index >= 15 is 0 Å². The minimum atomic E-state index is -0.0421. The second kappa shape index (κ2) is 11.0. The first kappa shape index (κ1) is 24.3. The number of carbonyl (C=O) groups excluding carboxylic acids is 1. The monoisotopic (exact) mass is 472 g/mol. The Labute approximate surface area is 206 Å². The first-order valence-electron chi connectivity index (χ1n) is 11.9. The molecular formula is C28H32N4O3. The van der Waals surface area contributed by atoms with Gasteiger partial charge in [-0.1, -0.05) is 18.7 Å². The molecule has 2 aromatic rings. The molecule has 0 aromatic heterocycles. The molecule has 2 aromatic carbocycles. The highest BCUT2D eigenvalue weighted by Crippen LogP contribution is 2.33. The summed E-state index contributed by atoms with van der Waals surface area (Å²) >= 11 is 0. The Hall–Kier alpha value is -3.87. The maximum atomic E-state index is 12.2. The molecular weight excluding hydrogens is 440 g/mol. The standard InChI is InChI=1S/C28H32N4O3/c1-4-25-26(15-16-29)32(21-8-7-17-31(19-21)27(33)5-2)30-28(25)20-11-13-22(14-12-20)35-24-10-6-9-23(18-24)34-3/h4-6,9-14,16,18,21,26,29H,2,7-8,15,17,19H2,1,3H3/b25-4+,29-16?/t21-,26?/m1/s1. The number of nitrogens with zero attached hydrogens (tertiary/aromatic N) is 3. The zero-order chi connectivity index (χ0) is 24.8. The van der Waals surface area contributed by atoms with E-state index in [1.54, 1.807) is 7.11 Å². The van der Waals surface area contributed by atoms with Gasteiger partial charge in [-0.2, -0.15) is 5.10 Å². The van der Waals surface area contributed by atoms with Crippen LogP contribution in [0.3, 0.4) is 0 Å². The highest BCUT2D eigenvalue weighted by Gasteiger charge is 2.37. The van der Waals surface area contributed by atoms with Crippen LogP contribution >= 0.6 is 0 Å². The smallest absolute Gasteiger partial charge is 0.246 e. The number of amides is 1. The number of benzene rings is 2. The summed E-state index contributed by atoms with van der Waals surface area (Å²) < 4.78 is 11.3. The zero-order valence-electron chi connectivity index (χ0n) is 20.3. The highest BCUT2D eigenvalue weighted by atomic mass is 16.5. The third kappa shape index (κ3) is 5.29. The van der Waals surface area contributed by atoms with Gasteiger partial charge in [-0.05, 0) is 68.5 Å². The van der Waals surface area contributed by atoms with Gasteiger partial charge in [0.05, 0.1) is 24.9 Å². The van der Waals surface area contributed by atoms with Crippen molar-refractivity contribution in [1.29, 1.82) is 5.41 Å². The van der Waals surface area contributed by atoms with E-state index in [2.05, 4.69) is 17.7 Å². The Morgan fingerprint density at radius 3 is 2.66 bits per heavy atom. The molecule has 1 saturated heterocycles. The maximum Gasteiger partial charge on any atom is 0.246 e. The Kier molecular flexibility index (Phi) is 7.65. The second-order valence-corrected chi connectivity index (χ2v) is 8.62. The molecule has 1 amide bonds. The molecule has 1 fully saturated rings. The lowest BCUT2D eigenvalue weighted by molar-refractivity contribution is -0.128. The third-order valence-electron chi connectivity index (χ3n) is 6.48. The number of hydrazone groups is 1. The zero-order valence-corrected chi connectivity index (χ0v) is 20.3. The summed E-state index contributed by atoms with van der Waals surface area (Å²) in [5.74, 6) is 2.13. The number of ether oxygens (including phenoxy) is 2. The molecule has 0 radical (unpaired) electrons. The van der Waals surface area contributed by atoms with E-state index < -0.39 is 0 Å². The quantitative estimate of drug-likeness (QED) is 0.431. The lowest BCUT2D eigenvalue weighted by Crippen LogP contribution is -2.49. The molecule has 0 saturated carbocycles. The Morgan fingerprint density at radius 2 is 1.97 bits per heavy atom. The number of allylic oxidation sites excluding steroid dienone is 1. The van der Waals surface area contributed by atoms with Gasteiger partial charge in [0.1, 0.15) is 17.2 Å². The number of hydrogen-bond acceptors (Lipinski definition) is 6. The predicted octanol–water partition coefficient (Wildman–Crippen LogP) is 5.04. The molecule has 2 heterocycles. The average molecular weight is 473 g/mol. The van der Waals surface area contributed by atoms with Crippen LogP contribution in [0.15, 0.2) is 77.9 Å². The lowest BCUT2D eigenvalue weighted by Gasteiger charge is -2.39. The summed E-state index contributed by atoms with van der Waals surface area (Å²) in [4.78, 5) is 14.1. The maximum absolute atomic E-state index is 12.2. The number of carbonyl (C=O) groups is 1. The number of rotatable bonds is 8. The Morgan fingerprint density at radius 1 is 1.20 bits per heavy atom. The number of nitrogens with one attached hydrogen (secondary N) is 1. The molecule has 0 aliphatic carbocycles. The van der Waals surface area contributed by atoms with Crippen molar-refractivity contribution in [2.24, 2.45) is 5.10 Å². The van der Waals surface area contributed by atoms with Crippen LogP contribution in [0.4, 0.5) is 0 Å². The minimum Gasteiger partial charge on any atom is -0.497 e. The lowest BCUT2D eigenvalue weighted by atomic mass is 9.94. The van der Waals surface area contributed by atoms with Crippen molar-refractivity contribution in [2.45, 2.75) is 38.3 Å². The molecule has 7 heteroatoms. The molecule has 2 atom stereocenters. The minimum absolute atomic E-state index is 0.0241. The van der Waals surface area contributed by atoms with E-state index in [0.29, 0.717) is 18.7 Å². The van der Waals surface area contributed by atoms with Crippen LogP contribution in [0.1, 0.15) is 31.7 Å². The average Bonchev–Trinajstić information content (AvgIpc) is 3.27. The fourth-order valence-electron chi connectivity index (χ4n) is 4.76. The molecule has 1 unspecified atom stereocenters. The fourth-order valence-corrected chi connectivity index (χ4v) is 4.76.